The van der Waals surface area contributed by atoms with Crippen molar-refractivity contribution in [1.29, 1.82) is 0 Å². The van der Waals surface area contributed by atoms with Crippen LogP contribution in [-0.4, -0.2) is 0 Å². The van der Waals surface area contributed by atoms with Gasteiger partial charge in [-0.3, -0.25) is 0 Å². The Bertz CT molecular complexity index is 702. The molecule has 0 saturated carbocycles. The second kappa shape index (κ2) is 4.37. The van der Waals surface area contributed by atoms with Crippen LogP contribution in [0.15, 0.2) is 48.5 Å². The van der Waals surface area contributed by atoms with Crippen LogP contribution in [0.4, 0.5) is 0 Å². The van der Waals surface area contributed by atoms with Crippen molar-refractivity contribution in [3.63, 3.8) is 0 Å². The smallest absolute Gasteiger partial charge is 0.0105 e. The molecular formula is C15H14P2. The van der Waals surface area contributed by atoms with Gasteiger partial charge in [0.2, 0.25) is 0 Å². The first kappa shape index (κ1) is 11.1. The van der Waals surface area contributed by atoms with Gasteiger partial charge in [0, 0.05) is 0 Å². The molecule has 2 unspecified atom stereocenters. The normalized spacial score (nSPS) is 11.9. The van der Waals surface area contributed by atoms with Gasteiger partial charge in [-0.1, -0.05) is 56.3 Å². The third-order valence-corrected chi connectivity index (χ3v) is 4.80. The van der Waals surface area contributed by atoms with E-state index in [9.17, 15) is 0 Å². The van der Waals surface area contributed by atoms with Gasteiger partial charge in [-0.05, 0) is 39.8 Å². The first-order valence-corrected chi connectivity index (χ1v) is 8.48. The summed E-state index contributed by atoms with van der Waals surface area (Å²) in [6.07, 6.45) is 0. The predicted molar refractivity (Wildman–Crippen MR) is 83.9 cm³/mol. The van der Waals surface area contributed by atoms with Crippen molar-refractivity contribution in [2.75, 3.05) is 0 Å². The lowest BCUT2D eigenvalue weighted by Crippen LogP contribution is -1.90. The van der Waals surface area contributed by atoms with E-state index >= 15 is 0 Å². The van der Waals surface area contributed by atoms with E-state index in [-0.39, 0.29) is 0 Å². The average Bonchev–Trinajstić information content (AvgIpc) is 2.37. The molecule has 2 atom stereocenters. The maximum atomic E-state index is 2.81. The highest BCUT2D eigenvalue weighted by atomic mass is 32.0. The van der Waals surface area contributed by atoms with Gasteiger partial charge in [-0.2, -0.15) is 0 Å². The fourth-order valence-electron chi connectivity index (χ4n) is 2.28. The predicted octanol–water partition coefficient (Wildman–Crippen LogP) is 4.40. The lowest BCUT2D eigenvalue weighted by Gasteiger charge is -2.06. The van der Waals surface area contributed by atoms with Crippen LogP contribution in [0.25, 0.3) is 21.5 Å². The van der Waals surface area contributed by atoms with Gasteiger partial charge in [-0.15, -0.1) is 8.93 Å². The number of rotatable bonds is 1. The fourth-order valence-corrected chi connectivity index (χ4v) is 3.24. The van der Waals surface area contributed by atoms with Crippen LogP contribution < -0.4 is 5.30 Å². The molecule has 3 aromatic rings. The summed E-state index contributed by atoms with van der Waals surface area (Å²) in [4.78, 5) is 0. The molecule has 0 aliphatic rings. The van der Waals surface area contributed by atoms with Gasteiger partial charge in [0.15, 0.2) is 0 Å². The highest BCUT2D eigenvalue weighted by molar-refractivity contribution is 8.06. The summed E-state index contributed by atoms with van der Waals surface area (Å²) in [5.74, 6) is 0. The number of hydrogen-bond donors (Lipinski definition) is 0. The molecule has 84 valence electrons. The van der Waals surface area contributed by atoms with Crippen LogP contribution in [0.1, 0.15) is 5.56 Å². The number of aryl methyl sites for hydroxylation is 1. The molecule has 0 aromatic heterocycles. The van der Waals surface area contributed by atoms with E-state index in [0.29, 0.717) is 0 Å². The van der Waals surface area contributed by atoms with Crippen LogP contribution >= 0.6 is 17.2 Å². The van der Waals surface area contributed by atoms with Crippen LogP contribution in [0.2, 0.25) is 0 Å². The van der Waals surface area contributed by atoms with Crippen molar-refractivity contribution >= 4 is 44.0 Å². The zero-order valence-corrected chi connectivity index (χ0v) is 11.9. The molecular weight excluding hydrogens is 242 g/mol. The van der Waals surface area contributed by atoms with Gasteiger partial charge in [0.05, 0.1) is 0 Å². The van der Waals surface area contributed by atoms with Gasteiger partial charge >= 0.3 is 0 Å². The maximum absolute atomic E-state index is 2.81. The second-order valence-electron chi connectivity index (χ2n) is 4.37. The summed E-state index contributed by atoms with van der Waals surface area (Å²) in [6, 6.07) is 17.9. The standard InChI is InChI=1S/C15H14P2/c1-10-2-6-14-11(8-10)3-4-12-9-13(17-16)5-7-15(12)14/h2-9,17H,16H2,1H3. The number of hydrogen-bond acceptors (Lipinski definition) is 0. The second-order valence-corrected chi connectivity index (χ2v) is 6.10. The molecule has 0 nitrogen and oxygen atoms in total. The summed E-state index contributed by atoms with van der Waals surface area (Å²) in [5.41, 5.74) is 1.32. The molecule has 0 heterocycles. The molecule has 0 radical (unpaired) electrons. The molecule has 0 saturated heterocycles. The number of fused-ring (bicyclic) bond motifs is 3. The fraction of sp³-hybridized carbons (Fsp3) is 0.0667. The minimum atomic E-state index is 0.785. The molecule has 0 fully saturated rings. The third-order valence-electron chi connectivity index (χ3n) is 3.16. The Kier molecular flexibility index (Phi) is 2.87. The SMILES string of the molecule is Cc1ccc2c(ccc3cc(PP)ccc32)c1. The summed E-state index contributed by atoms with van der Waals surface area (Å²) in [5, 5.41) is 6.78. The Labute approximate surface area is 105 Å². The van der Waals surface area contributed by atoms with Crippen LogP contribution in [-0.2, 0) is 0 Å². The average molecular weight is 256 g/mol. The van der Waals surface area contributed by atoms with Gasteiger partial charge in [-0.25, -0.2) is 0 Å². The molecule has 0 aliphatic carbocycles. The summed E-state index contributed by atoms with van der Waals surface area (Å²) >= 11 is 0. The summed E-state index contributed by atoms with van der Waals surface area (Å²) in [6.45, 7) is 2.14. The van der Waals surface area contributed by atoms with E-state index in [1.807, 2.05) is 0 Å². The molecule has 3 aromatic carbocycles. The Morgan fingerprint density at radius 1 is 0.824 bits per heavy atom. The van der Waals surface area contributed by atoms with Gasteiger partial charge in [0.25, 0.3) is 0 Å². The molecule has 0 N–H and O–H groups in total. The van der Waals surface area contributed by atoms with Crippen molar-refractivity contribution < 1.29 is 0 Å². The minimum Gasteiger partial charge on any atom is -0.110 e. The molecule has 0 bridgehead atoms. The molecule has 17 heavy (non-hydrogen) atoms. The monoisotopic (exact) mass is 256 g/mol. The summed E-state index contributed by atoms with van der Waals surface area (Å²) in [7, 11) is 3.59. The van der Waals surface area contributed by atoms with Crippen LogP contribution in [0, 0.1) is 6.92 Å². The van der Waals surface area contributed by atoms with E-state index in [4.69, 9.17) is 0 Å². The molecule has 3 rings (SSSR count). The van der Waals surface area contributed by atoms with Crippen molar-refractivity contribution in [3.05, 3.63) is 54.1 Å². The lowest BCUT2D eigenvalue weighted by molar-refractivity contribution is 1.51. The first-order chi connectivity index (χ1) is 8.28. The first-order valence-electron chi connectivity index (χ1n) is 5.68. The lowest BCUT2D eigenvalue weighted by atomic mass is 10.0. The van der Waals surface area contributed by atoms with E-state index in [0.717, 1.165) is 8.27 Å². The van der Waals surface area contributed by atoms with Crippen molar-refractivity contribution in [3.8, 4) is 0 Å². The van der Waals surface area contributed by atoms with E-state index < -0.39 is 0 Å². The Morgan fingerprint density at radius 3 is 2.18 bits per heavy atom. The third kappa shape index (κ3) is 1.97. The van der Waals surface area contributed by atoms with Gasteiger partial charge in [0.1, 0.15) is 0 Å². The highest BCUT2D eigenvalue weighted by Gasteiger charge is 2.01. The maximum Gasteiger partial charge on any atom is -0.0105 e. The van der Waals surface area contributed by atoms with Crippen LogP contribution in [0.5, 0.6) is 0 Å². The Balaban J connectivity index is 2.40. The topological polar surface area (TPSA) is 0 Å². The van der Waals surface area contributed by atoms with Crippen molar-refractivity contribution in [1.82, 2.24) is 0 Å². The molecule has 0 spiro atoms. The minimum absolute atomic E-state index is 0.785. The van der Waals surface area contributed by atoms with E-state index in [2.05, 4.69) is 64.4 Å². The summed E-state index contributed by atoms with van der Waals surface area (Å²) < 4.78 is 0. The van der Waals surface area contributed by atoms with Crippen molar-refractivity contribution in [2.45, 2.75) is 6.92 Å². The highest BCUT2D eigenvalue weighted by Crippen LogP contribution is 2.28. The quantitative estimate of drug-likeness (QED) is 0.447. The van der Waals surface area contributed by atoms with Crippen molar-refractivity contribution in [2.24, 2.45) is 0 Å². The van der Waals surface area contributed by atoms with Gasteiger partial charge < -0.3 is 0 Å². The molecule has 2 heteroatoms. The molecule has 0 aliphatic heterocycles. The number of benzene rings is 3. The Hall–Kier alpha value is -0.960. The Morgan fingerprint density at radius 2 is 1.47 bits per heavy atom. The molecule has 0 amide bonds. The largest absolute Gasteiger partial charge is 0.110 e. The zero-order valence-electron chi connectivity index (χ0n) is 9.70. The zero-order chi connectivity index (χ0) is 11.8. The van der Waals surface area contributed by atoms with E-state index in [1.54, 1.807) is 0 Å². The van der Waals surface area contributed by atoms with E-state index in [1.165, 1.54) is 32.4 Å². The van der Waals surface area contributed by atoms with Crippen LogP contribution in [0.3, 0.4) is 0 Å².